The molecule has 3 aromatic rings. The van der Waals surface area contributed by atoms with Crippen LogP contribution < -0.4 is 14.8 Å². The van der Waals surface area contributed by atoms with Gasteiger partial charge in [0.25, 0.3) is 11.6 Å². The van der Waals surface area contributed by atoms with Crippen LogP contribution in [0.5, 0.6) is 11.5 Å². The second kappa shape index (κ2) is 7.66. The van der Waals surface area contributed by atoms with E-state index in [4.69, 9.17) is 18.7 Å². The minimum Gasteiger partial charge on any atom is -0.493 e. The van der Waals surface area contributed by atoms with Gasteiger partial charge in [-0.15, -0.1) is 0 Å². The minimum atomic E-state index is -0.619. The third kappa shape index (κ3) is 3.42. The number of anilines is 1. The van der Waals surface area contributed by atoms with E-state index in [1.165, 1.54) is 33.5 Å². The van der Waals surface area contributed by atoms with Gasteiger partial charge in [0.15, 0.2) is 11.5 Å². The summed E-state index contributed by atoms with van der Waals surface area (Å²) in [4.78, 5) is 30.0. The number of ether oxygens (including phenoxy) is 3. The van der Waals surface area contributed by atoms with Crippen LogP contribution in [0.15, 0.2) is 22.7 Å². The van der Waals surface area contributed by atoms with Gasteiger partial charge in [-0.05, 0) is 25.8 Å². The lowest BCUT2D eigenvalue weighted by atomic mass is 10.1. The van der Waals surface area contributed by atoms with Crippen LogP contribution in [0.3, 0.4) is 0 Å². The molecule has 0 saturated heterocycles. The summed E-state index contributed by atoms with van der Waals surface area (Å²) in [7, 11) is 4.19. The van der Waals surface area contributed by atoms with Crippen LogP contribution in [0.2, 0.25) is 0 Å². The van der Waals surface area contributed by atoms with E-state index in [-0.39, 0.29) is 11.3 Å². The minimum absolute atomic E-state index is 0.137. The fourth-order valence-electron chi connectivity index (χ4n) is 3.33. The number of methoxy groups -OCH3 is 3. The Bertz CT molecular complexity index is 1150. The molecule has 1 aliphatic rings. The zero-order valence-electron chi connectivity index (χ0n) is 17.1. The topological polar surface area (TPSA) is 113 Å². The third-order valence-electron chi connectivity index (χ3n) is 5.05. The number of aryl methyl sites for hydroxylation is 1. The molecule has 0 bridgehead atoms. The lowest BCUT2D eigenvalue weighted by molar-refractivity contribution is 0.0601. The Hall–Kier alpha value is -3.62. The number of nitrogens with zero attached hydrogens (tertiary/aromatic N) is 2. The normalized spacial score (nSPS) is 13.2. The number of fused-ring (bicyclic) bond motifs is 1. The Morgan fingerprint density at radius 2 is 1.77 bits per heavy atom. The lowest BCUT2D eigenvalue weighted by Crippen LogP contribution is -2.17. The molecule has 0 spiro atoms. The van der Waals surface area contributed by atoms with Gasteiger partial charge in [0.2, 0.25) is 0 Å². The molecule has 1 aromatic carbocycles. The number of amides is 1. The molecular weight excluding hydrogens is 390 g/mol. The fourth-order valence-corrected chi connectivity index (χ4v) is 3.33. The molecule has 9 heteroatoms. The molecule has 0 unspecified atom stereocenters. The summed E-state index contributed by atoms with van der Waals surface area (Å²) >= 11 is 0. The van der Waals surface area contributed by atoms with Gasteiger partial charge in [-0.1, -0.05) is 5.16 Å². The molecule has 0 atom stereocenters. The third-order valence-corrected chi connectivity index (χ3v) is 5.05. The van der Waals surface area contributed by atoms with Crippen LogP contribution in [0.1, 0.15) is 50.9 Å². The molecule has 0 radical (unpaired) electrons. The smallest absolute Gasteiger partial charge is 0.340 e. The number of hydrogen-bond donors (Lipinski definition) is 1. The van der Waals surface area contributed by atoms with E-state index < -0.39 is 11.9 Å². The highest BCUT2D eigenvalue weighted by Crippen LogP contribution is 2.41. The van der Waals surface area contributed by atoms with E-state index in [0.29, 0.717) is 39.8 Å². The largest absolute Gasteiger partial charge is 0.493 e. The molecule has 156 valence electrons. The van der Waals surface area contributed by atoms with Crippen LogP contribution in [0.4, 0.5) is 5.69 Å². The van der Waals surface area contributed by atoms with Gasteiger partial charge in [-0.3, -0.25) is 4.79 Å². The Kier molecular flexibility index (Phi) is 5.03. The number of pyridine rings is 1. The molecule has 1 aliphatic carbocycles. The van der Waals surface area contributed by atoms with Crippen molar-refractivity contribution in [1.29, 1.82) is 0 Å². The number of benzene rings is 1. The highest BCUT2D eigenvalue weighted by atomic mass is 16.5. The molecular formula is C21H21N3O6. The highest BCUT2D eigenvalue weighted by molar-refractivity contribution is 6.14. The molecule has 1 saturated carbocycles. The Morgan fingerprint density at radius 1 is 1.07 bits per heavy atom. The molecule has 4 rings (SSSR count). The zero-order valence-corrected chi connectivity index (χ0v) is 17.1. The summed E-state index contributed by atoms with van der Waals surface area (Å²) in [5.74, 6) is -0.0229. The lowest BCUT2D eigenvalue weighted by Gasteiger charge is -2.15. The average molecular weight is 411 g/mol. The quantitative estimate of drug-likeness (QED) is 0.614. The van der Waals surface area contributed by atoms with E-state index in [1.807, 2.05) is 0 Å². The van der Waals surface area contributed by atoms with Gasteiger partial charge in [0.1, 0.15) is 0 Å². The Labute approximate surface area is 172 Å². The molecule has 1 fully saturated rings. The standard InChI is InChI=1S/C21H21N3O6/c1-10-18-13(7-14(11-5-6-11)23-20(18)30-24-10)19(25)22-15-9-17(28-3)16(27-2)8-12(15)21(26)29-4/h7-9,11H,5-6H2,1-4H3,(H,22,25). The Balaban J connectivity index is 1.79. The van der Waals surface area contributed by atoms with E-state index in [9.17, 15) is 9.59 Å². The van der Waals surface area contributed by atoms with Crippen molar-refractivity contribution < 1.29 is 28.3 Å². The number of hydrogen-bond acceptors (Lipinski definition) is 8. The first-order chi connectivity index (χ1) is 14.5. The summed E-state index contributed by atoms with van der Waals surface area (Å²) in [6, 6.07) is 4.74. The van der Waals surface area contributed by atoms with Crippen molar-refractivity contribution in [2.24, 2.45) is 0 Å². The molecule has 1 amide bonds. The number of carbonyl (C=O) groups excluding carboxylic acids is 2. The van der Waals surface area contributed by atoms with Crippen LogP contribution in [0, 0.1) is 6.92 Å². The summed E-state index contributed by atoms with van der Waals surface area (Å²) in [6.45, 7) is 1.75. The van der Waals surface area contributed by atoms with Gasteiger partial charge in [0.05, 0.1) is 49.2 Å². The monoisotopic (exact) mass is 411 g/mol. The van der Waals surface area contributed by atoms with Crippen molar-refractivity contribution in [3.63, 3.8) is 0 Å². The van der Waals surface area contributed by atoms with Crippen molar-refractivity contribution >= 4 is 28.7 Å². The van der Waals surface area contributed by atoms with E-state index in [2.05, 4.69) is 15.5 Å². The molecule has 0 aliphatic heterocycles. The molecule has 9 nitrogen and oxygen atoms in total. The van der Waals surface area contributed by atoms with Crippen molar-refractivity contribution in [3.8, 4) is 11.5 Å². The zero-order chi connectivity index (χ0) is 21.4. The predicted molar refractivity (Wildman–Crippen MR) is 107 cm³/mol. The van der Waals surface area contributed by atoms with Gasteiger partial charge in [-0.25, -0.2) is 9.78 Å². The predicted octanol–water partition coefficient (Wildman–Crippen LogP) is 3.46. The molecule has 1 N–H and O–H groups in total. The van der Waals surface area contributed by atoms with Crippen molar-refractivity contribution in [1.82, 2.24) is 10.1 Å². The molecule has 2 heterocycles. The second-order valence-electron chi connectivity index (χ2n) is 7.02. The van der Waals surface area contributed by atoms with Crippen LogP contribution in [-0.2, 0) is 4.74 Å². The van der Waals surface area contributed by atoms with Crippen LogP contribution in [-0.4, -0.2) is 43.3 Å². The number of carbonyl (C=O) groups is 2. The van der Waals surface area contributed by atoms with Gasteiger partial charge >= 0.3 is 5.97 Å². The first-order valence-electron chi connectivity index (χ1n) is 9.39. The summed E-state index contributed by atoms with van der Waals surface area (Å²) in [5, 5.41) is 7.28. The fraction of sp³-hybridized carbons (Fsp3) is 0.333. The first-order valence-corrected chi connectivity index (χ1v) is 9.39. The maximum Gasteiger partial charge on any atom is 0.340 e. The van der Waals surface area contributed by atoms with Gasteiger partial charge < -0.3 is 24.1 Å². The number of nitrogens with one attached hydrogen (secondary N) is 1. The first kappa shape index (κ1) is 19.7. The van der Waals surface area contributed by atoms with Crippen molar-refractivity contribution in [3.05, 3.63) is 40.7 Å². The number of aromatic nitrogens is 2. The summed E-state index contributed by atoms with van der Waals surface area (Å²) in [6.07, 6.45) is 2.05. The maximum absolute atomic E-state index is 13.3. The number of esters is 1. The van der Waals surface area contributed by atoms with Crippen LogP contribution in [0.25, 0.3) is 11.1 Å². The van der Waals surface area contributed by atoms with Gasteiger partial charge in [-0.2, -0.15) is 0 Å². The molecule has 30 heavy (non-hydrogen) atoms. The second-order valence-corrected chi connectivity index (χ2v) is 7.02. The number of rotatable bonds is 6. The summed E-state index contributed by atoms with van der Waals surface area (Å²) < 4.78 is 20.7. The van der Waals surface area contributed by atoms with Gasteiger partial charge in [0, 0.05) is 23.7 Å². The molecule has 2 aromatic heterocycles. The average Bonchev–Trinajstić information content (AvgIpc) is 3.55. The van der Waals surface area contributed by atoms with Crippen molar-refractivity contribution in [2.45, 2.75) is 25.7 Å². The van der Waals surface area contributed by atoms with Crippen molar-refractivity contribution in [2.75, 3.05) is 26.6 Å². The maximum atomic E-state index is 13.3. The van der Waals surface area contributed by atoms with E-state index in [0.717, 1.165) is 18.5 Å². The van der Waals surface area contributed by atoms with E-state index in [1.54, 1.807) is 13.0 Å². The SMILES string of the molecule is COC(=O)c1cc(OC)c(OC)cc1NC(=O)c1cc(C2CC2)nc2onc(C)c12. The summed E-state index contributed by atoms with van der Waals surface area (Å²) in [5.41, 5.74) is 2.43. The van der Waals surface area contributed by atoms with E-state index >= 15 is 0 Å². The Morgan fingerprint density at radius 3 is 2.40 bits per heavy atom. The highest BCUT2D eigenvalue weighted by Gasteiger charge is 2.29. The van der Waals surface area contributed by atoms with Crippen LogP contribution >= 0.6 is 0 Å².